The lowest BCUT2D eigenvalue weighted by Gasteiger charge is -2.50. The van der Waals surface area contributed by atoms with Gasteiger partial charge in [0.2, 0.25) is 0 Å². The largest absolute Gasteiger partial charge is 0.481 e. The molecule has 2 fully saturated rings. The van der Waals surface area contributed by atoms with Gasteiger partial charge in [0, 0.05) is 18.2 Å². The van der Waals surface area contributed by atoms with Crippen molar-refractivity contribution in [1.29, 1.82) is 0 Å². The molecule has 124 valence electrons. The van der Waals surface area contributed by atoms with Crippen molar-refractivity contribution in [2.75, 3.05) is 6.61 Å². The van der Waals surface area contributed by atoms with Crippen molar-refractivity contribution in [2.45, 2.75) is 50.7 Å². The molecule has 5 heteroatoms. The predicted octanol–water partition coefficient (Wildman–Crippen LogP) is 2.39. The van der Waals surface area contributed by atoms with Gasteiger partial charge >= 0.3 is 5.97 Å². The molecule has 1 heterocycles. The van der Waals surface area contributed by atoms with Gasteiger partial charge < -0.3 is 15.2 Å². The average molecular weight is 317 g/mol. The number of carboxylic acids is 1. The smallest absolute Gasteiger partial charge is 0.306 e. The number of carbonyl (C=O) groups excluding carboxylic acids is 1. The third-order valence-corrected chi connectivity index (χ3v) is 5.04. The second kappa shape index (κ2) is 6.32. The van der Waals surface area contributed by atoms with E-state index in [4.69, 9.17) is 9.84 Å². The van der Waals surface area contributed by atoms with Crippen LogP contribution in [0.2, 0.25) is 0 Å². The van der Waals surface area contributed by atoms with E-state index in [0.29, 0.717) is 31.4 Å². The van der Waals surface area contributed by atoms with Crippen molar-refractivity contribution in [2.24, 2.45) is 5.92 Å². The van der Waals surface area contributed by atoms with Crippen LogP contribution in [-0.4, -0.2) is 35.2 Å². The lowest BCUT2D eigenvalue weighted by molar-refractivity contribution is -0.181. The van der Waals surface area contributed by atoms with Crippen LogP contribution in [0.4, 0.5) is 0 Å². The third kappa shape index (κ3) is 3.39. The summed E-state index contributed by atoms with van der Waals surface area (Å²) >= 11 is 0. The van der Waals surface area contributed by atoms with E-state index >= 15 is 0 Å². The Bertz CT molecular complexity index is 590. The molecular formula is C18H23NO4. The van der Waals surface area contributed by atoms with Gasteiger partial charge in [-0.2, -0.15) is 0 Å². The molecular weight excluding hydrogens is 294 g/mol. The highest BCUT2D eigenvalue weighted by atomic mass is 16.5. The first-order valence-electron chi connectivity index (χ1n) is 8.28. The molecule has 0 aromatic heterocycles. The number of carbonyl (C=O) groups is 2. The van der Waals surface area contributed by atoms with Crippen molar-refractivity contribution >= 4 is 11.9 Å². The van der Waals surface area contributed by atoms with Crippen molar-refractivity contribution in [3.63, 3.8) is 0 Å². The standard InChI is InChI=1S/C18H23NO4/c1-2-12-3-5-13(6-4-12)16(20)19-15-7-8-23-18(11-15)9-14(10-18)17(21)22/h3-6,14-15H,2,7-11H2,1H3,(H,19,20)(H,21,22). The lowest BCUT2D eigenvalue weighted by atomic mass is 9.66. The van der Waals surface area contributed by atoms with Gasteiger partial charge in [-0.3, -0.25) is 9.59 Å². The molecule has 2 N–H and O–H groups in total. The SMILES string of the molecule is CCc1ccc(C(=O)NC2CCOC3(C2)CC(C(=O)O)C3)cc1. The molecule has 1 amide bonds. The van der Waals surface area contributed by atoms with Gasteiger partial charge in [-0.1, -0.05) is 19.1 Å². The predicted molar refractivity (Wildman–Crippen MR) is 85.4 cm³/mol. The van der Waals surface area contributed by atoms with E-state index in [1.807, 2.05) is 24.3 Å². The molecule has 1 aromatic rings. The van der Waals surface area contributed by atoms with Crippen molar-refractivity contribution in [3.8, 4) is 0 Å². The molecule has 1 atom stereocenters. The maximum atomic E-state index is 12.4. The van der Waals surface area contributed by atoms with E-state index in [0.717, 1.165) is 12.8 Å². The quantitative estimate of drug-likeness (QED) is 0.894. The minimum absolute atomic E-state index is 0.0526. The summed E-state index contributed by atoms with van der Waals surface area (Å²) in [5.41, 5.74) is 1.53. The molecule has 0 bridgehead atoms. The number of aryl methyl sites for hydroxylation is 1. The third-order valence-electron chi connectivity index (χ3n) is 5.04. The summed E-state index contributed by atoms with van der Waals surface area (Å²) in [6, 6.07) is 7.71. The van der Waals surface area contributed by atoms with Crippen molar-refractivity contribution in [3.05, 3.63) is 35.4 Å². The second-order valence-corrected chi connectivity index (χ2v) is 6.69. The van der Waals surface area contributed by atoms with Gasteiger partial charge in [0.05, 0.1) is 11.5 Å². The summed E-state index contributed by atoms with van der Waals surface area (Å²) in [4.78, 5) is 23.3. The monoisotopic (exact) mass is 317 g/mol. The summed E-state index contributed by atoms with van der Waals surface area (Å²) in [7, 11) is 0. The molecule has 2 aliphatic rings. The van der Waals surface area contributed by atoms with Gasteiger partial charge in [0.25, 0.3) is 5.91 Å². The molecule has 1 unspecified atom stereocenters. The zero-order chi connectivity index (χ0) is 16.4. The normalized spacial score (nSPS) is 29.8. The summed E-state index contributed by atoms with van der Waals surface area (Å²) in [6.07, 6.45) is 3.54. The fourth-order valence-electron chi connectivity index (χ4n) is 3.61. The fraction of sp³-hybridized carbons (Fsp3) is 0.556. The highest BCUT2D eigenvalue weighted by Crippen LogP contribution is 2.46. The number of aliphatic carboxylic acids is 1. The Hall–Kier alpha value is -1.88. The topological polar surface area (TPSA) is 75.6 Å². The van der Waals surface area contributed by atoms with E-state index in [9.17, 15) is 9.59 Å². The van der Waals surface area contributed by atoms with Crippen LogP contribution in [0.1, 0.15) is 48.5 Å². The molecule has 3 rings (SSSR count). The Morgan fingerprint density at radius 1 is 1.26 bits per heavy atom. The molecule has 0 radical (unpaired) electrons. The van der Waals surface area contributed by atoms with Crippen LogP contribution in [0.15, 0.2) is 24.3 Å². The summed E-state index contributed by atoms with van der Waals surface area (Å²) in [5.74, 6) is -1.11. The Morgan fingerprint density at radius 3 is 2.57 bits per heavy atom. The summed E-state index contributed by atoms with van der Waals surface area (Å²) < 4.78 is 5.81. The summed E-state index contributed by atoms with van der Waals surface area (Å²) in [6.45, 7) is 2.66. The molecule has 5 nitrogen and oxygen atoms in total. The second-order valence-electron chi connectivity index (χ2n) is 6.69. The van der Waals surface area contributed by atoms with E-state index in [-0.39, 0.29) is 23.5 Å². The highest BCUT2D eigenvalue weighted by Gasteiger charge is 2.51. The number of amides is 1. The Morgan fingerprint density at radius 2 is 1.96 bits per heavy atom. The number of rotatable bonds is 4. The maximum Gasteiger partial charge on any atom is 0.306 e. The van der Waals surface area contributed by atoms with E-state index in [1.165, 1.54) is 5.56 Å². The summed E-state index contributed by atoms with van der Waals surface area (Å²) in [5, 5.41) is 12.1. The van der Waals surface area contributed by atoms with Crippen LogP contribution in [-0.2, 0) is 16.0 Å². The number of carboxylic acid groups (broad SMARTS) is 1. The zero-order valence-electron chi connectivity index (χ0n) is 13.4. The number of benzene rings is 1. The van der Waals surface area contributed by atoms with Crippen LogP contribution in [0, 0.1) is 5.92 Å². The Balaban J connectivity index is 1.57. The Labute approximate surface area is 136 Å². The molecule has 23 heavy (non-hydrogen) atoms. The van der Waals surface area contributed by atoms with E-state index in [2.05, 4.69) is 12.2 Å². The first-order valence-corrected chi connectivity index (χ1v) is 8.28. The number of nitrogens with one attached hydrogen (secondary N) is 1. The Kier molecular flexibility index (Phi) is 4.39. The van der Waals surface area contributed by atoms with Gasteiger partial charge in [-0.25, -0.2) is 0 Å². The van der Waals surface area contributed by atoms with E-state index in [1.54, 1.807) is 0 Å². The van der Waals surface area contributed by atoms with Crippen LogP contribution < -0.4 is 5.32 Å². The van der Waals surface area contributed by atoms with Crippen LogP contribution in [0.5, 0.6) is 0 Å². The molecule has 1 saturated carbocycles. The van der Waals surface area contributed by atoms with Gasteiger partial charge in [0.15, 0.2) is 0 Å². The fourth-order valence-corrected chi connectivity index (χ4v) is 3.61. The van der Waals surface area contributed by atoms with Gasteiger partial charge in [0.1, 0.15) is 0 Å². The van der Waals surface area contributed by atoms with Crippen LogP contribution in [0.3, 0.4) is 0 Å². The minimum Gasteiger partial charge on any atom is -0.481 e. The van der Waals surface area contributed by atoms with Crippen molar-refractivity contribution < 1.29 is 19.4 Å². The first-order chi connectivity index (χ1) is 11.0. The zero-order valence-corrected chi connectivity index (χ0v) is 13.4. The van der Waals surface area contributed by atoms with Crippen LogP contribution in [0.25, 0.3) is 0 Å². The number of hydrogen-bond acceptors (Lipinski definition) is 3. The first kappa shape index (κ1) is 16.0. The average Bonchev–Trinajstić information content (AvgIpc) is 2.52. The number of ether oxygens (including phenoxy) is 1. The highest BCUT2D eigenvalue weighted by molar-refractivity contribution is 5.94. The molecule has 1 spiro atoms. The van der Waals surface area contributed by atoms with Gasteiger partial charge in [-0.05, 0) is 49.8 Å². The van der Waals surface area contributed by atoms with Crippen molar-refractivity contribution in [1.82, 2.24) is 5.32 Å². The molecule has 1 aromatic carbocycles. The lowest BCUT2D eigenvalue weighted by Crippen LogP contribution is -2.56. The maximum absolute atomic E-state index is 12.4. The molecule has 1 aliphatic heterocycles. The van der Waals surface area contributed by atoms with Crippen LogP contribution >= 0.6 is 0 Å². The molecule has 1 saturated heterocycles. The van der Waals surface area contributed by atoms with E-state index < -0.39 is 5.97 Å². The minimum atomic E-state index is -0.749. The molecule has 1 aliphatic carbocycles. The number of hydrogen-bond donors (Lipinski definition) is 2. The van der Waals surface area contributed by atoms with Gasteiger partial charge in [-0.15, -0.1) is 0 Å².